The van der Waals surface area contributed by atoms with Crippen LogP contribution in [0.5, 0.6) is 0 Å². The van der Waals surface area contributed by atoms with Crippen LogP contribution < -0.4 is 0 Å². The molecule has 0 rings (SSSR count). The maximum atomic E-state index is 11.2. The van der Waals surface area contributed by atoms with E-state index in [1.165, 1.54) is 0 Å². The maximum Gasteiger partial charge on any atom is 0.308 e. The lowest BCUT2D eigenvalue weighted by Gasteiger charge is -2.07. The molecule has 88 valence electrons. The van der Waals surface area contributed by atoms with Crippen molar-refractivity contribution in [2.24, 2.45) is 5.92 Å². The number of rotatable bonds is 8. The quantitative estimate of drug-likeness (QED) is 0.354. The van der Waals surface area contributed by atoms with Crippen LogP contribution in [0, 0.1) is 5.92 Å². The van der Waals surface area contributed by atoms with E-state index in [9.17, 15) is 4.79 Å². The van der Waals surface area contributed by atoms with Crippen LogP contribution in [0.15, 0.2) is 12.2 Å². The van der Waals surface area contributed by atoms with Gasteiger partial charge in [-0.15, -0.1) is 0 Å². The van der Waals surface area contributed by atoms with E-state index in [-0.39, 0.29) is 11.9 Å². The lowest BCUT2D eigenvalue weighted by molar-refractivity contribution is -0.147. The molecule has 0 aliphatic heterocycles. The lowest BCUT2D eigenvalue weighted by Crippen LogP contribution is -2.13. The predicted octanol–water partition coefficient (Wildman–Crippen LogP) is 2.56. The van der Waals surface area contributed by atoms with Crippen LogP contribution in [-0.2, 0) is 14.3 Å². The van der Waals surface area contributed by atoms with E-state index < -0.39 is 0 Å². The molecule has 0 aromatic rings. The van der Waals surface area contributed by atoms with E-state index in [1.54, 1.807) is 0 Å². The molecule has 0 N–H and O–H groups in total. The molecule has 1 unspecified atom stereocenters. The smallest absolute Gasteiger partial charge is 0.308 e. The Morgan fingerprint density at radius 1 is 1.33 bits per heavy atom. The molecule has 0 radical (unpaired) electrons. The second-order valence-electron chi connectivity index (χ2n) is 3.44. The summed E-state index contributed by atoms with van der Waals surface area (Å²) in [5.41, 5.74) is 0. The van der Waals surface area contributed by atoms with E-state index in [1.807, 2.05) is 26.0 Å². The van der Waals surface area contributed by atoms with Crippen molar-refractivity contribution in [1.82, 2.24) is 0 Å². The number of carbonyl (C=O) groups excluding carboxylic acids is 1. The third-order valence-corrected chi connectivity index (χ3v) is 1.91. The molecular weight excluding hydrogens is 192 g/mol. The molecule has 0 saturated heterocycles. The Balaban J connectivity index is 3.52. The SMILES string of the molecule is CCCOC/C=C/CC(C)C(=O)OCC. The Morgan fingerprint density at radius 2 is 2.07 bits per heavy atom. The van der Waals surface area contributed by atoms with Crippen LogP contribution in [0.2, 0.25) is 0 Å². The van der Waals surface area contributed by atoms with Gasteiger partial charge in [-0.3, -0.25) is 4.79 Å². The molecule has 0 aromatic heterocycles. The molecule has 0 heterocycles. The highest BCUT2D eigenvalue weighted by atomic mass is 16.5. The van der Waals surface area contributed by atoms with Gasteiger partial charge in [-0.1, -0.05) is 26.0 Å². The fraction of sp³-hybridized carbons (Fsp3) is 0.750. The van der Waals surface area contributed by atoms with Crippen molar-refractivity contribution in [2.75, 3.05) is 19.8 Å². The summed E-state index contributed by atoms with van der Waals surface area (Å²) in [6.07, 6.45) is 5.67. The standard InChI is InChI=1S/C12H22O3/c1-4-9-14-10-7-6-8-11(3)12(13)15-5-2/h6-7,11H,4-5,8-10H2,1-3H3/b7-6+. The monoisotopic (exact) mass is 214 g/mol. The Kier molecular flexibility index (Phi) is 9.18. The van der Waals surface area contributed by atoms with Gasteiger partial charge >= 0.3 is 5.97 Å². The molecule has 3 heteroatoms. The van der Waals surface area contributed by atoms with Gasteiger partial charge in [0, 0.05) is 6.61 Å². The summed E-state index contributed by atoms with van der Waals surface area (Å²) >= 11 is 0. The van der Waals surface area contributed by atoms with E-state index in [0.29, 0.717) is 19.6 Å². The van der Waals surface area contributed by atoms with Gasteiger partial charge in [0.05, 0.1) is 19.1 Å². The summed E-state index contributed by atoms with van der Waals surface area (Å²) in [6, 6.07) is 0. The van der Waals surface area contributed by atoms with Crippen molar-refractivity contribution >= 4 is 5.97 Å². The van der Waals surface area contributed by atoms with Crippen LogP contribution in [0.3, 0.4) is 0 Å². The lowest BCUT2D eigenvalue weighted by atomic mass is 10.1. The average molecular weight is 214 g/mol. The van der Waals surface area contributed by atoms with Crippen LogP contribution in [0.25, 0.3) is 0 Å². The average Bonchev–Trinajstić information content (AvgIpc) is 2.23. The fourth-order valence-corrected chi connectivity index (χ4v) is 1.04. The second kappa shape index (κ2) is 9.71. The van der Waals surface area contributed by atoms with E-state index in [2.05, 4.69) is 6.92 Å². The number of allylic oxidation sites excluding steroid dienone is 1. The summed E-state index contributed by atoms with van der Waals surface area (Å²) in [7, 11) is 0. The molecular formula is C12H22O3. The van der Waals surface area contributed by atoms with E-state index >= 15 is 0 Å². The molecule has 0 spiro atoms. The number of hydrogen-bond donors (Lipinski definition) is 0. The zero-order chi connectivity index (χ0) is 11.5. The minimum atomic E-state index is -0.128. The largest absolute Gasteiger partial charge is 0.466 e. The van der Waals surface area contributed by atoms with E-state index in [0.717, 1.165) is 13.0 Å². The summed E-state index contributed by atoms with van der Waals surface area (Å²) in [6.45, 7) is 7.63. The van der Waals surface area contributed by atoms with Gasteiger partial charge in [-0.25, -0.2) is 0 Å². The number of hydrogen-bond acceptors (Lipinski definition) is 3. The molecule has 1 atom stereocenters. The highest BCUT2D eigenvalue weighted by Gasteiger charge is 2.11. The highest BCUT2D eigenvalue weighted by molar-refractivity contribution is 5.72. The van der Waals surface area contributed by atoms with Gasteiger partial charge < -0.3 is 9.47 Å². The first-order valence-electron chi connectivity index (χ1n) is 5.61. The fourth-order valence-electron chi connectivity index (χ4n) is 1.04. The minimum absolute atomic E-state index is 0.0626. The summed E-state index contributed by atoms with van der Waals surface area (Å²) in [5.74, 6) is -0.191. The molecule has 0 aromatic carbocycles. The van der Waals surface area contributed by atoms with Crippen LogP contribution in [-0.4, -0.2) is 25.8 Å². The second-order valence-corrected chi connectivity index (χ2v) is 3.44. The van der Waals surface area contributed by atoms with Gasteiger partial charge in [0.25, 0.3) is 0 Å². The molecule has 3 nitrogen and oxygen atoms in total. The van der Waals surface area contributed by atoms with Crippen molar-refractivity contribution in [3.8, 4) is 0 Å². The zero-order valence-electron chi connectivity index (χ0n) is 9.99. The van der Waals surface area contributed by atoms with Gasteiger partial charge in [0.15, 0.2) is 0 Å². The van der Waals surface area contributed by atoms with Gasteiger partial charge in [0.2, 0.25) is 0 Å². The van der Waals surface area contributed by atoms with E-state index in [4.69, 9.17) is 9.47 Å². The third-order valence-electron chi connectivity index (χ3n) is 1.91. The Labute approximate surface area is 92.5 Å². The van der Waals surface area contributed by atoms with Crippen molar-refractivity contribution in [2.45, 2.75) is 33.6 Å². The zero-order valence-corrected chi connectivity index (χ0v) is 9.99. The highest BCUT2D eigenvalue weighted by Crippen LogP contribution is 2.05. The number of carbonyl (C=O) groups is 1. The van der Waals surface area contributed by atoms with Gasteiger partial charge in [0.1, 0.15) is 0 Å². The van der Waals surface area contributed by atoms with Crippen molar-refractivity contribution in [1.29, 1.82) is 0 Å². The predicted molar refractivity (Wildman–Crippen MR) is 60.7 cm³/mol. The Bertz CT molecular complexity index is 187. The van der Waals surface area contributed by atoms with Gasteiger partial charge in [-0.2, -0.15) is 0 Å². The maximum absolute atomic E-state index is 11.2. The minimum Gasteiger partial charge on any atom is -0.466 e. The number of ether oxygens (including phenoxy) is 2. The Hall–Kier alpha value is -0.830. The van der Waals surface area contributed by atoms with Crippen molar-refractivity contribution in [3.05, 3.63) is 12.2 Å². The normalized spacial score (nSPS) is 13.0. The molecule has 0 saturated carbocycles. The summed E-state index contributed by atoms with van der Waals surface area (Å²) in [4.78, 5) is 11.2. The first kappa shape index (κ1) is 14.2. The molecule has 0 aliphatic carbocycles. The van der Waals surface area contributed by atoms with Gasteiger partial charge in [-0.05, 0) is 19.8 Å². The summed E-state index contributed by atoms with van der Waals surface area (Å²) in [5, 5.41) is 0. The first-order valence-corrected chi connectivity index (χ1v) is 5.61. The van der Waals surface area contributed by atoms with Crippen molar-refractivity contribution < 1.29 is 14.3 Å². The van der Waals surface area contributed by atoms with Crippen molar-refractivity contribution in [3.63, 3.8) is 0 Å². The summed E-state index contributed by atoms with van der Waals surface area (Å²) < 4.78 is 10.2. The van der Waals surface area contributed by atoms with Crippen LogP contribution in [0.1, 0.15) is 33.6 Å². The molecule has 0 aliphatic rings. The third kappa shape index (κ3) is 8.18. The topological polar surface area (TPSA) is 35.5 Å². The first-order chi connectivity index (χ1) is 7.22. The molecule has 0 amide bonds. The van der Waals surface area contributed by atoms with Crippen LogP contribution in [0.4, 0.5) is 0 Å². The van der Waals surface area contributed by atoms with Crippen LogP contribution >= 0.6 is 0 Å². The molecule has 0 fully saturated rings. The number of esters is 1. The Morgan fingerprint density at radius 3 is 2.67 bits per heavy atom. The molecule has 0 bridgehead atoms. The molecule has 15 heavy (non-hydrogen) atoms.